The highest BCUT2D eigenvalue weighted by Crippen LogP contribution is 2.20. The summed E-state index contributed by atoms with van der Waals surface area (Å²) in [4.78, 5) is 28.9. The number of hydrogen-bond acceptors (Lipinski definition) is 3. The van der Waals surface area contributed by atoms with Gasteiger partial charge in [0.05, 0.1) is 5.52 Å². The number of aromatic hydroxyl groups is 1. The standard InChI is InChI=1S/C17H14N2O3/c1-19(11-7-3-2-4-8-11)17(22)14-16(21)15(20)12-9-5-6-10-13(12)18-14/h2-10,21H,1H3,(H,18,20). The number of aromatic nitrogens is 1. The van der Waals surface area contributed by atoms with E-state index in [0.29, 0.717) is 16.6 Å². The molecule has 1 amide bonds. The summed E-state index contributed by atoms with van der Waals surface area (Å²) in [6.07, 6.45) is 0. The van der Waals surface area contributed by atoms with Crippen molar-refractivity contribution < 1.29 is 9.90 Å². The van der Waals surface area contributed by atoms with Gasteiger partial charge in [-0.25, -0.2) is 0 Å². The van der Waals surface area contributed by atoms with Crippen molar-refractivity contribution in [2.75, 3.05) is 11.9 Å². The lowest BCUT2D eigenvalue weighted by molar-refractivity contribution is 0.0985. The second kappa shape index (κ2) is 5.37. The number of carbonyl (C=O) groups is 1. The number of hydrogen-bond donors (Lipinski definition) is 2. The summed E-state index contributed by atoms with van der Waals surface area (Å²) in [5, 5.41) is 10.4. The number of rotatable bonds is 2. The van der Waals surface area contributed by atoms with Gasteiger partial charge < -0.3 is 15.0 Å². The van der Waals surface area contributed by atoms with Crippen LogP contribution in [-0.2, 0) is 0 Å². The van der Waals surface area contributed by atoms with Gasteiger partial charge in [-0.15, -0.1) is 0 Å². The van der Waals surface area contributed by atoms with Crippen molar-refractivity contribution in [3.05, 3.63) is 70.5 Å². The Morgan fingerprint density at radius 1 is 1.05 bits per heavy atom. The lowest BCUT2D eigenvalue weighted by atomic mass is 10.1. The van der Waals surface area contributed by atoms with Crippen molar-refractivity contribution in [2.45, 2.75) is 0 Å². The molecule has 0 atom stereocenters. The average Bonchev–Trinajstić information content (AvgIpc) is 2.57. The Morgan fingerprint density at radius 3 is 2.41 bits per heavy atom. The monoisotopic (exact) mass is 294 g/mol. The van der Waals surface area contributed by atoms with E-state index in [4.69, 9.17) is 0 Å². The summed E-state index contributed by atoms with van der Waals surface area (Å²) < 4.78 is 0. The zero-order chi connectivity index (χ0) is 15.7. The fourth-order valence-corrected chi connectivity index (χ4v) is 2.32. The van der Waals surface area contributed by atoms with E-state index < -0.39 is 17.1 Å². The molecule has 5 nitrogen and oxygen atoms in total. The van der Waals surface area contributed by atoms with Crippen molar-refractivity contribution in [3.63, 3.8) is 0 Å². The molecule has 0 spiro atoms. The SMILES string of the molecule is CN(C(=O)c1[nH]c2ccccc2c(=O)c1O)c1ccccc1. The van der Waals surface area contributed by atoms with E-state index in [9.17, 15) is 14.7 Å². The Kier molecular flexibility index (Phi) is 3.39. The van der Waals surface area contributed by atoms with Crippen molar-refractivity contribution in [1.29, 1.82) is 0 Å². The van der Waals surface area contributed by atoms with E-state index in [2.05, 4.69) is 4.98 Å². The lowest BCUT2D eigenvalue weighted by Gasteiger charge is -2.18. The number of nitrogens with zero attached hydrogens (tertiary/aromatic N) is 1. The minimum Gasteiger partial charge on any atom is -0.503 e. The average molecular weight is 294 g/mol. The number of amides is 1. The molecule has 1 heterocycles. The molecule has 2 N–H and O–H groups in total. The van der Waals surface area contributed by atoms with Gasteiger partial charge in [-0.05, 0) is 24.3 Å². The van der Waals surface area contributed by atoms with Crippen LogP contribution in [0.2, 0.25) is 0 Å². The summed E-state index contributed by atoms with van der Waals surface area (Å²) in [5.41, 5.74) is 0.505. The zero-order valence-electron chi connectivity index (χ0n) is 11.9. The fourth-order valence-electron chi connectivity index (χ4n) is 2.32. The van der Waals surface area contributed by atoms with Gasteiger partial charge in [-0.3, -0.25) is 9.59 Å². The Bertz CT molecular complexity index is 901. The molecule has 3 rings (SSSR count). The Balaban J connectivity index is 2.12. The van der Waals surface area contributed by atoms with Crippen molar-refractivity contribution in [1.82, 2.24) is 4.98 Å². The van der Waals surface area contributed by atoms with Gasteiger partial charge in [0, 0.05) is 18.1 Å². The highest BCUT2D eigenvalue weighted by molar-refractivity contribution is 6.07. The molecule has 0 saturated heterocycles. The summed E-state index contributed by atoms with van der Waals surface area (Å²) in [6.45, 7) is 0. The first kappa shape index (κ1) is 13.9. The molecule has 3 aromatic rings. The first-order valence-electron chi connectivity index (χ1n) is 6.76. The number of H-pyrrole nitrogens is 1. The largest absolute Gasteiger partial charge is 0.503 e. The van der Waals surface area contributed by atoms with Crippen LogP contribution in [0, 0.1) is 0 Å². The molecule has 5 heteroatoms. The number of nitrogens with one attached hydrogen (secondary N) is 1. The predicted octanol–water partition coefficient (Wildman–Crippen LogP) is 2.51. The molecular formula is C17H14N2O3. The number of pyridine rings is 1. The van der Waals surface area contributed by atoms with Gasteiger partial charge in [0.2, 0.25) is 5.43 Å². The molecule has 0 aliphatic rings. The maximum Gasteiger partial charge on any atom is 0.278 e. The molecular weight excluding hydrogens is 280 g/mol. The van der Waals surface area contributed by atoms with Crippen molar-refractivity contribution in [2.24, 2.45) is 0 Å². The molecule has 0 fully saturated rings. The molecule has 2 aromatic carbocycles. The minimum absolute atomic E-state index is 0.116. The van der Waals surface area contributed by atoms with E-state index >= 15 is 0 Å². The molecule has 1 aromatic heterocycles. The highest BCUT2D eigenvalue weighted by atomic mass is 16.3. The first-order chi connectivity index (χ1) is 10.6. The third-order valence-corrected chi connectivity index (χ3v) is 3.55. The number of fused-ring (bicyclic) bond motifs is 1. The third-order valence-electron chi connectivity index (χ3n) is 3.55. The summed E-state index contributed by atoms with van der Waals surface area (Å²) in [5.74, 6) is -1.04. The van der Waals surface area contributed by atoms with Gasteiger partial charge >= 0.3 is 0 Å². The van der Waals surface area contributed by atoms with E-state index in [-0.39, 0.29) is 5.69 Å². The quantitative estimate of drug-likeness (QED) is 0.762. The number of para-hydroxylation sites is 2. The maximum atomic E-state index is 12.6. The Hall–Kier alpha value is -3.08. The highest BCUT2D eigenvalue weighted by Gasteiger charge is 2.21. The molecule has 22 heavy (non-hydrogen) atoms. The van der Waals surface area contributed by atoms with Gasteiger partial charge in [0.15, 0.2) is 11.4 Å². The minimum atomic E-state index is -0.563. The van der Waals surface area contributed by atoms with Crippen LogP contribution in [0.1, 0.15) is 10.5 Å². The van der Waals surface area contributed by atoms with E-state index in [1.54, 1.807) is 43.4 Å². The second-order valence-corrected chi connectivity index (χ2v) is 4.92. The van der Waals surface area contributed by atoms with Gasteiger partial charge in [0.1, 0.15) is 0 Å². The zero-order valence-corrected chi connectivity index (χ0v) is 11.9. The molecule has 0 saturated carbocycles. The molecule has 0 unspecified atom stereocenters. The Morgan fingerprint density at radius 2 is 1.68 bits per heavy atom. The van der Waals surface area contributed by atoms with Crippen LogP contribution in [0.5, 0.6) is 5.75 Å². The summed E-state index contributed by atoms with van der Waals surface area (Å²) in [7, 11) is 1.59. The van der Waals surface area contributed by atoms with Gasteiger partial charge in [-0.1, -0.05) is 30.3 Å². The van der Waals surface area contributed by atoms with Crippen LogP contribution in [-0.4, -0.2) is 23.0 Å². The summed E-state index contributed by atoms with van der Waals surface area (Å²) >= 11 is 0. The van der Waals surface area contributed by atoms with E-state index in [0.717, 1.165) is 0 Å². The summed E-state index contributed by atoms with van der Waals surface area (Å²) in [6, 6.07) is 15.8. The molecule has 0 aliphatic heterocycles. The smallest absolute Gasteiger partial charge is 0.278 e. The second-order valence-electron chi connectivity index (χ2n) is 4.92. The lowest BCUT2D eigenvalue weighted by Crippen LogP contribution is -2.28. The Labute approximate surface area is 126 Å². The van der Waals surface area contributed by atoms with Crippen LogP contribution in [0.25, 0.3) is 10.9 Å². The van der Waals surface area contributed by atoms with Crippen LogP contribution in [0.15, 0.2) is 59.4 Å². The van der Waals surface area contributed by atoms with Crippen molar-refractivity contribution in [3.8, 4) is 5.75 Å². The predicted molar refractivity (Wildman–Crippen MR) is 85.4 cm³/mol. The van der Waals surface area contributed by atoms with Crippen LogP contribution < -0.4 is 10.3 Å². The number of anilines is 1. The third kappa shape index (κ3) is 2.22. The van der Waals surface area contributed by atoms with Crippen LogP contribution >= 0.6 is 0 Å². The van der Waals surface area contributed by atoms with E-state index in [1.807, 2.05) is 18.2 Å². The molecule has 0 bridgehead atoms. The number of carbonyl (C=O) groups excluding carboxylic acids is 1. The normalized spacial score (nSPS) is 10.6. The van der Waals surface area contributed by atoms with E-state index in [1.165, 1.54) is 4.90 Å². The molecule has 0 aliphatic carbocycles. The van der Waals surface area contributed by atoms with Crippen LogP contribution in [0.3, 0.4) is 0 Å². The topological polar surface area (TPSA) is 73.4 Å². The fraction of sp³-hybridized carbons (Fsp3) is 0.0588. The number of benzene rings is 2. The first-order valence-corrected chi connectivity index (χ1v) is 6.76. The van der Waals surface area contributed by atoms with Gasteiger partial charge in [-0.2, -0.15) is 0 Å². The number of aromatic amines is 1. The van der Waals surface area contributed by atoms with Crippen molar-refractivity contribution >= 4 is 22.5 Å². The van der Waals surface area contributed by atoms with Gasteiger partial charge in [0.25, 0.3) is 5.91 Å². The van der Waals surface area contributed by atoms with Crippen LogP contribution in [0.4, 0.5) is 5.69 Å². The molecule has 0 radical (unpaired) electrons. The molecule has 110 valence electrons. The maximum absolute atomic E-state index is 12.6.